The normalized spacial score (nSPS) is 11.4. The Morgan fingerprint density at radius 1 is 1.39 bits per heavy atom. The summed E-state index contributed by atoms with van der Waals surface area (Å²) in [6.45, 7) is 0. The van der Waals surface area contributed by atoms with Crippen molar-refractivity contribution in [1.29, 1.82) is 0 Å². The van der Waals surface area contributed by atoms with Gasteiger partial charge in [0.25, 0.3) is 5.91 Å². The minimum Gasteiger partial charge on any atom is -0.409 e. The number of pyridine rings is 1. The predicted molar refractivity (Wildman–Crippen MR) is 64.6 cm³/mol. The zero-order chi connectivity index (χ0) is 13.1. The van der Waals surface area contributed by atoms with Crippen molar-refractivity contribution < 1.29 is 10.0 Å². The van der Waals surface area contributed by atoms with Crippen LogP contribution in [-0.2, 0) is 0 Å². The van der Waals surface area contributed by atoms with E-state index in [0.29, 0.717) is 11.4 Å². The zero-order valence-corrected chi connectivity index (χ0v) is 9.32. The predicted octanol–water partition coefficient (Wildman–Crippen LogP) is 0.0657. The van der Waals surface area contributed by atoms with Gasteiger partial charge in [0.05, 0.1) is 5.69 Å². The van der Waals surface area contributed by atoms with Gasteiger partial charge in [-0.3, -0.25) is 9.78 Å². The molecule has 0 aliphatic carbocycles. The monoisotopic (exact) mass is 245 g/mol. The molecule has 7 nitrogen and oxygen atoms in total. The summed E-state index contributed by atoms with van der Waals surface area (Å²) >= 11 is 0. The highest BCUT2D eigenvalue weighted by molar-refractivity contribution is 5.96. The second kappa shape index (κ2) is 4.58. The van der Waals surface area contributed by atoms with E-state index >= 15 is 0 Å². The zero-order valence-electron chi connectivity index (χ0n) is 9.32. The van der Waals surface area contributed by atoms with Gasteiger partial charge >= 0.3 is 0 Å². The Balaban J connectivity index is 2.53. The van der Waals surface area contributed by atoms with Gasteiger partial charge in [0.2, 0.25) is 0 Å². The summed E-state index contributed by atoms with van der Waals surface area (Å²) in [6.07, 6.45) is 3.18. The van der Waals surface area contributed by atoms with Crippen LogP contribution in [0.5, 0.6) is 0 Å². The minimum absolute atomic E-state index is 0.0302. The number of hydrogen-bond donors (Lipinski definition) is 3. The van der Waals surface area contributed by atoms with E-state index in [-0.39, 0.29) is 11.5 Å². The molecule has 2 rings (SSSR count). The highest BCUT2D eigenvalue weighted by Crippen LogP contribution is 2.13. The number of amidine groups is 1. The van der Waals surface area contributed by atoms with Crippen LogP contribution in [0.4, 0.5) is 0 Å². The van der Waals surface area contributed by atoms with Gasteiger partial charge in [-0.05, 0) is 24.3 Å². The number of nitrogens with zero attached hydrogens (tertiary/aromatic N) is 3. The highest BCUT2D eigenvalue weighted by Gasteiger charge is 2.09. The number of hydrogen-bond acceptors (Lipinski definition) is 4. The Kier molecular flexibility index (Phi) is 2.96. The van der Waals surface area contributed by atoms with Gasteiger partial charge < -0.3 is 21.2 Å². The molecule has 5 N–H and O–H groups in total. The van der Waals surface area contributed by atoms with Crippen LogP contribution >= 0.6 is 0 Å². The number of primary amides is 1. The fraction of sp³-hybridized carbons (Fsp3) is 0. The molecule has 1 amide bonds. The average Bonchev–Trinajstić information content (AvgIpc) is 2.87. The van der Waals surface area contributed by atoms with Crippen LogP contribution in [0.2, 0.25) is 0 Å². The summed E-state index contributed by atoms with van der Waals surface area (Å²) in [5, 5.41) is 11.6. The van der Waals surface area contributed by atoms with Crippen molar-refractivity contribution in [3.8, 4) is 5.69 Å². The van der Waals surface area contributed by atoms with Gasteiger partial charge in [0.15, 0.2) is 5.84 Å². The topological polar surface area (TPSA) is 120 Å². The van der Waals surface area contributed by atoms with Crippen molar-refractivity contribution in [2.45, 2.75) is 0 Å². The summed E-state index contributed by atoms with van der Waals surface area (Å²) in [5.74, 6) is -0.646. The third-order valence-corrected chi connectivity index (χ3v) is 2.39. The molecule has 2 heterocycles. The lowest BCUT2D eigenvalue weighted by atomic mass is 10.3. The molecule has 2 aromatic heterocycles. The number of amides is 1. The van der Waals surface area contributed by atoms with E-state index in [0.717, 1.165) is 0 Å². The summed E-state index contributed by atoms with van der Waals surface area (Å²) in [7, 11) is 0. The molecule has 2 aromatic rings. The first-order chi connectivity index (χ1) is 8.63. The lowest BCUT2D eigenvalue weighted by Gasteiger charge is -2.08. The molecule has 0 unspecified atom stereocenters. The number of oxime groups is 1. The molecule has 0 radical (unpaired) electrons. The largest absolute Gasteiger partial charge is 0.409 e. The van der Waals surface area contributed by atoms with Crippen LogP contribution in [0.25, 0.3) is 5.69 Å². The van der Waals surface area contributed by atoms with Gasteiger partial charge in [-0.2, -0.15) is 0 Å². The molecular weight excluding hydrogens is 234 g/mol. The Labute approximate surface area is 102 Å². The molecule has 0 aromatic carbocycles. The molecule has 0 saturated heterocycles. The molecule has 0 aliphatic heterocycles. The first-order valence-corrected chi connectivity index (χ1v) is 5.05. The summed E-state index contributed by atoms with van der Waals surface area (Å²) in [5.41, 5.74) is 12.0. The molecule has 18 heavy (non-hydrogen) atoms. The van der Waals surface area contributed by atoms with Crippen LogP contribution in [-0.4, -0.2) is 26.5 Å². The Hall–Kier alpha value is -2.83. The summed E-state index contributed by atoms with van der Waals surface area (Å²) in [6, 6.07) is 6.62. The van der Waals surface area contributed by atoms with E-state index in [9.17, 15) is 4.79 Å². The molecule has 92 valence electrons. The maximum absolute atomic E-state index is 11.1. The highest BCUT2D eigenvalue weighted by atomic mass is 16.4. The van der Waals surface area contributed by atoms with E-state index in [4.69, 9.17) is 16.7 Å². The average molecular weight is 245 g/mol. The van der Waals surface area contributed by atoms with Gasteiger partial charge in [0.1, 0.15) is 5.69 Å². The molecule has 0 atom stereocenters. The lowest BCUT2D eigenvalue weighted by molar-refractivity contribution is 0.0995. The number of rotatable bonds is 3. The van der Waals surface area contributed by atoms with Crippen molar-refractivity contribution >= 4 is 11.7 Å². The van der Waals surface area contributed by atoms with E-state index < -0.39 is 5.91 Å². The third-order valence-electron chi connectivity index (χ3n) is 2.39. The molecule has 7 heteroatoms. The van der Waals surface area contributed by atoms with Gasteiger partial charge in [-0.25, -0.2) is 0 Å². The first-order valence-electron chi connectivity index (χ1n) is 5.05. The Morgan fingerprint density at radius 2 is 2.17 bits per heavy atom. The van der Waals surface area contributed by atoms with Crippen LogP contribution in [0, 0.1) is 0 Å². The van der Waals surface area contributed by atoms with Crippen LogP contribution in [0.3, 0.4) is 0 Å². The van der Waals surface area contributed by atoms with Crippen LogP contribution < -0.4 is 11.5 Å². The smallest absolute Gasteiger partial charge is 0.267 e. The molecule has 0 spiro atoms. The van der Waals surface area contributed by atoms with Crippen molar-refractivity contribution in [2.24, 2.45) is 16.6 Å². The van der Waals surface area contributed by atoms with E-state index in [1.807, 2.05) is 0 Å². The molecule has 0 fully saturated rings. The van der Waals surface area contributed by atoms with E-state index in [2.05, 4.69) is 10.1 Å². The number of carbonyl (C=O) groups is 1. The summed E-state index contributed by atoms with van der Waals surface area (Å²) < 4.78 is 1.66. The number of carbonyl (C=O) groups excluding carboxylic acids is 1. The third kappa shape index (κ3) is 2.01. The fourth-order valence-electron chi connectivity index (χ4n) is 1.57. The maximum atomic E-state index is 11.1. The quantitative estimate of drug-likeness (QED) is 0.306. The Bertz CT molecular complexity index is 617. The van der Waals surface area contributed by atoms with Gasteiger partial charge in [-0.15, -0.1) is 0 Å². The molecular formula is C11H11N5O2. The minimum atomic E-state index is -0.616. The van der Waals surface area contributed by atoms with Crippen LogP contribution in [0.1, 0.15) is 16.2 Å². The Morgan fingerprint density at radius 3 is 2.83 bits per heavy atom. The van der Waals surface area contributed by atoms with Crippen molar-refractivity contribution in [3.63, 3.8) is 0 Å². The number of aromatic nitrogens is 2. The fourth-order valence-corrected chi connectivity index (χ4v) is 1.57. The molecule has 0 aliphatic rings. The van der Waals surface area contributed by atoms with Crippen molar-refractivity contribution in [1.82, 2.24) is 9.55 Å². The van der Waals surface area contributed by atoms with E-state index in [1.54, 1.807) is 29.0 Å². The van der Waals surface area contributed by atoms with Gasteiger partial charge in [-0.1, -0.05) is 5.16 Å². The number of nitrogens with two attached hydrogens (primary N) is 2. The summed E-state index contributed by atoms with van der Waals surface area (Å²) in [4.78, 5) is 14.9. The second-order valence-electron chi connectivity index (χ2n) is 3.51. The SMILES string of the molecule is NC(=O)c1cc(-n2cccc2/C(N)=N/O)ccn1. The van der Waals surface area contributed by atoms with Crippen molar-refractivity contribution in [3.05, 3.63) is 48.0 Å². The van der Waals surface area contributed by atoms with Crippen molar-refractivity contribution in [2.75, 3.05) is 0 Å². The molecule has 0 bridgehead atoms. The first kappa shape index (κ1) is 11.6. The van der Waals surface area contributed by atoms with E-state index in [1.165, 1.54) is 12.3 Å². The van der Waals surface area contributed by atoms with Crippen LogP contribution in [0.15, 0.2) is 41.8 Å². The van der Waals surface area contributed by atoms with Gasteiger partial charge in [0, 0.05) is 18.1 Å². The maximum Gasteiger partial charge on any atom is 0.267 e. The standard InChI is InChI=1S/C11H11N5O2/c12-10(15-18)9-2-1-5-16(9)7-3-4-14-8(6-7)11(13)17/h1-6,18H,(H2,12,15)(H2,13,17). The lowest BCUT2D eigenvalue weighted by Crippen LogP contribution is -2.18. The molecule has 0 saturated carbocycles. The second-order valence-corrected chi connectivity index (χ2v) is 3.51.